The van der Waals surface area contributed by atoms with Crippen LogP contribution in [0.5, 0.6) is 17.2 Å². The lowest BCUT2D eigenvalue weighted by atomic mass is 9.76. The van der Waals surface area contributed by atoms with Gasteiger partial charge in [0.05, 0.1) is 18.9 Å². The zero-order chi connectivity index (χ0) is 31.9. The number of nitrogens with one attached hydrogen (secondary N) is 1. The van der Waals surface area contributed by atoms with E-state index >= 15 is 0 Å². The molecule has 0 radical (unpaired) electrons. The highest BCUT2D eigenvalue weighted by atomic mass is 19.4. The maximum absolute atomic E-state index is 15.0. The first kappa shape index (κ1) is 30.8. The van der Waals surface area contributed by atoms with E-state index in [1.807, 2.05) is 0 Å². The van der Waals surface area contributed by atoms with Gasteiger partial charge in [-0.05, 0) is 67.8 Å². The molecule has 2 heterocycles. The molecule has 0 saturated heterocycles. The number of amides is 2. The Kier molecular flexibility index (Phi) is 8.00. The number of nitrogens with zero attached hydrogens (tertiary/aromatic N) is 1. The molecule has 1 aromatic heterocycles. The second-order valence-corrected chi connectivity index (χ2v) is 10.8. The number of nitrogens with two attached hydrogens (primary N) is 1. The zero-order valence-electron chi connectivity index (χ0n) is 23.8. The summed E-state index contributed by atoms with van der Waals surface area (Å²) in [6, 6.07) is 9.87. The van der Waals surface area contributed by atoms with Crippen molar-refractivity contribution in [2.75, 3.05) is 20.3 Å². The molecule has 2 aliphatic rings. The minimum absolute atomic E-state index is 0.00683. The zero-order valence-corrected chi connectivity index (χ0v) is 23.8. The number of rotatable bonds is 11. The van der Waals surface area contributed by atoms with Crippen LogP contribution >= 0.6 is 0 Å². The summed E-state index contributed by atoms with van der Waals surface area (Å²) < 4.78 is 75.4. The van der Waals surface area contributed by atoms with E-state index in [-0.39, 0.29) is 59.3 Å². The second-order valence-electron chi connectivity index (χ2n) is 10.8. The van der Waals surface area contributed by atoms with Crippen LogP contribution < -0.4 is 25.3 Å². The van der Waals surface area contributed by atoms with Crippen molar-refractivity contribution in [3.63, 3.8) is 0 Å². The Labute approximate surface area is 249 Å². The molecule has 0 unspecified atom stereocenters. The monoisotopic (exact) mass is 615 g/mol. The summed E-state index contributed by atoms with van der Waals surface area (Å²) in [5.74, 6) is -1.77. The molecule has 2 aromatic carbocycles. The lowest BCUT2D eigenvalue weighted by molar-refractivity contribution is -0.186. The molecule has 3 aromatic rings. The molecule has 1 fully saturated rings. The van der Waals surface area contributed by atoms with Crippen LogP contribution in [0.4, 0.5) is 17.6 Å². The summed E-state index contributed by atoms with van der Waals surface area (Å²) in [6.45, 7) is 0.117. The fraction of sp³-hybridized carbons (Fsp3) is 0.355. The van der Waals surface area contributed by atoms with Gasteiger partial charge in [0, 0.05) is 23.2 Å². The van der Waals surface area contributed by atoms with Crippen molar-refractivity contribution in [3.8, 4) is 28.5 Å². The summed E-state index contributed by atoms with van der Waals surface area (Å²) in [6.07, 6.45) is -3.74. The first-order valence-electron chi connectivity index (χ1n) is 13.8. The number of aldehydes is 1. The molecular weight excluding hydrogens is 586 g/mol. The highest BCUT2D eigenvalue weighted by Crippen LogP contribution is 2.49. The third-order valence-corrected chi connectivity index (χ3v) is 8.08. The average molecular weight is 616 g/mol. The fourth-order valence-electron chi connectivity index (χ4n) is 5.11. The Morgan fingerprint density at radius 3 is 2.41 bits per heavy atom. The lowest BCUT2D eigenvalue weighted by Crippen LogP contribution is -2.53. The highest BCUT2D eigenvalue weighted by Gasteiger charge is 2.59. The van der Waals surface area contributed by atoms with Crippen molar-refractivity contribution in [2.24, 2.45) is 5.73 Å². The van der Waals surface area contributed by atoms with Gasteiger partial charge in [-0.3, -0.25) is 9.59 Å². The van der Waals surface area contributed by atoms with Crippen molar-refractivity contribution in [1.29, 1.82) is 0 Å². The fourth-order valence-corrected chi connectivity index (χ4v) is 5.11. The van der Waals surface area contributed by atoms with Gasteiger partial charge in [-0.15, -0.1) is 0 Å². The SMILES string of the molecule is CC[C@@]1(C(N)=O)COc2c1cc([C@@](C=O)(CNC(=O)c1ccc(OC3CC3)c(OC)c1)C(F)(F)F)nc2-c1ccc(F)cc1. The minimum atomic E-state index is -5.26. The molecule has 2 atom stereocenters. The predicted molar refractivity (Wildman–Crippen MR) is 149 cm³/mol. The number of ether oxygens (including phenoxy) is 3. The van der Waals surface area contributed by atoms with Crippen LogP contribution in [0.1, 0.15) is 47.8 Å². The molecule has 2 amide bonds. The summed E-state index contributed by atoms with van der Waals surface area (Å²) in [4.78, 5) is 42.5. The number of hydrogen-bond acceptors (Lipinski definition) is 7. The van der Waals surface area contributed by atoms with Crippen LogP contribution in [0.25, 0.3) is 11.3 Å². The molecule has 1 aliphatic carbocycles. The molecule has 13 heteroatoms. The number of alkyl halides is 3. The lowest BCUT2D eigenvalue weighted by Gasteiger charge is -2.32. The smallest absolute Gasteiger partial charge is 0.408 e. The van der Waals surface area contributed by atoms with E-state index in [0.717, 1.165) is 31.0 Å². The van der Waals surface area contributed by atoms with Crippen LogP contribution in [-0.2, 0) is 20.4 Å². The number of halogens is 4. The van der Waals surface area contributed by atoms with Gasteiger partial charge in [0.1, 0.15) is 35.6 Å². The maximum Gasteiger partial charge on any atom is 0.408 e. The van der Waals surface area contributed by atoms with Crippen LogP contribution in [-0.4, -0.2) is 55.6 Å². The van der Waals surface area contributed by atoms with E-state index in [2.05, 4.69) is 10.3 Å². The third kappa shape index (κ3) is 5.31. The Hall–Kier alpha value is -4.68. The number of carbonyl (C=O) groups is 3. The number of pyridine rings is 1. The molecule has 1 saturated carbocycles. The Balaban J connectivity index is 1.58. The minimum Gasteiger partial charge on any atom is -0.493 e. The van der Waals surface area contributed by atoms with Crippen molar-refractivity contribution < 1.29 is 46.2 Å². The number of primary amides is 1. The number of fused-ring (bicyclic) bond motifs is 1. The van der Waals surface area contributed by atoms with Gasteiger partial charge in [-0.1, -0.05) is 6.92 Å². The van der Waals surface area contributed by atoms with E-state index in [4.69, 9.17) is 19.9 Å². The second kappa shape index (κ2) is 11.4. The van der Waals surface area contributed by atoms with Gasteiger partial charge in [-0.25, -0.2) is 9.37 Å². The van der Waals surface area contributed by atoms with Crippen molar-refractivity contribution >= 4 is 18.1 Å². The predicted octanol–water partition coefficient (Wildman–Crippen LogP) is 4.39. The highest BCUT2D eigenvalue weighted by molar-refractivity contribution is 5.95. The number of methoxy groups -OCH3 is 1. The molecule has 44 heavy (non-hydrogen) atoms. The van der Waals surface area contributed by atoms with Crippen LogP contribution in [0, 0.1) is 5.82 Å². The van der Waals surface area contributed by atoms with E-state index in [0.29, 0.717) is 5.75 Å². The van der Waals surface area contributed by atoms with E-state index in [9.17, 15) is 31.9 Å². The maximum atomic E-state index is 15.0. The van der Waals surface area contributed by atoms with Gasteiger partial charge >= 0.3 is 6.18 Å². The molecule has 0 spiro atoms. The molecular formula is C31H29F4N3O6. The van der Waals surface area contributed by atoms with Gasteiger partial charge < -0.3 is 30.1 Å². The topological polar surface area (TPSA) is 130 Å². The van der Waals surface area contributed by atoms with Crippen LogP contribution in [0.15, 0.2) is 48.5 Å². The number of carbonyl (C=O) groups excluding carboxylic acids is 3. The van der Waals surface area contributed by atoms with E-state index in [1.54, 1.807) is 6.92 Å². The van der Waals surface area contributed by atoms with Crippen molar-refractivity contribution in [3.05, 3.63) is 71.2 Å². The van der Waals surface area contributed by atoms with Crippen LogP contribution in [0.2, 0.25) is 0 Å². The van der Waals surface area contributed by atoms with E-state index in [1.165, 1.54) is 37.4 Å². The van der Waals surface area contributed by atoms with Gasteiger partial charge in [0.2, 0.25) is 5.91 Å². The Morgan fingerprint density at radius 1 is 1.14 bits per heavy atom. The summed E-state index contributed by atoms with van der Waals surface area (Å²) in [5, 5.41) is 2.21. The van der Waals surface area contributed by atoms with Crippen molar-refractivity contribution in [1.82, 2.24) is 10.3 Å². The first-order valence-corrected chi connectivity index (χ1v) is 13.8. The Bertz CT molecular complexity index is 1610. The van der Waals surface area contributed by atoms with Crippen molar-refractivity contribution in [2.45, 2.75) is 49.3 Å². The molecule has 9 nitrogen and oxygen atoms in total. The van der Waals surface area contributed by atoms with Gasteiger partial charge in [0.15, 0.2) is 16.9 Å². The summed E-state index contributed by atoms with van der Waals surface area (Å²) in [5.41, 5.74) is 0.0411. The molecule has 0 bridgehead atoms. The normalized spacial score (nSPS) is 18.9. The van der Waals surface area contributed by atoms with Crippen LogP contribution in [0.3, 0.4) is 0 Å². The number of aromatic nitrogens is 1. The molecule has 232 valence electrons. The van der Waals surface area contributed by atoms with E-state index < -0.39 is 46.9 Å². The number of hydrogen-bond donors (Lipinski definition) is 2. The van der Waals surface area contributed by atoms with Gasteiger partial charge in [0.25, 0.3) is 5.91 Å². The molecule has 3 N–H and O–H groups in total. The van der Waals surface area contributed by atoms with Gasteiger partial charge in [-0.2, -0.15) is 13.2 Å². The first-order chi connectivity index (χ1) is 20.9. The largest absolute Gasteiger partial charge is 0.493 e. The third-order valence-electron chi connectivity index (χ3n) is 8.08. The number of benzene rings is 2. The summed E-state index contributed by atoms with van der Waals surface area (Å²) in [7, 11) is 1.36. The average Bonchev–Trinajstić information content (AvgIpc) is 3.73. The molecule has 5 rings (SSSR count). The Morgan fingerprint density at radius 2 is 1.84 bits per heavy atom. The molecule has 1 aliphatic heterocycles. The standard InChI is InChI=1S/C31H29F4N3O6/c1-3-29(28(36)41)16-43-26-21(29)13-24(38-25(26)17-4-7-19(32)8-5-17)30(15-39,31(33,34)35)14-37-27(40)18-6-11-22(23(12-18)42-2)44-20-9-10-20/h4-8,11-13,15,20H,3,9-10,14,16H2,1-2H3,(H2,36,41)(H,37,40)/t29-,30+/m1/s1. The summed E-state index contributed by atoms with van der Waals surface area (Å²) >= 11 is 0. The quantitative estimate of drug-likeness (QED) is 0.242.